The fraction of sp³-hybridized carbons (Fsp3) is 0.878. The van der Waals surface area contributed by atoms with Crippen LogP contribution in [0.25, 0.3) is 0 Å². The standard InChI is InChI=1S/C90H169NO8/c1-6-8-10-12-14-16-18-20-22-24-26-28-30-32-34-36-38-40-42-44-46-48-50-52-54-56-58-60-62-64-66-68-70-72-74-76-78-80-87(92)97-84-86(85-98-90(89(94)95)96-83-82-91(3,4)5)99-88(93)81-79-77-75-73-71-69-67-65-63-61-59-57-55-53-51-49-47-45-43-41-39-37-35-33-31-29-27-25-23-21-19-17-15-13-11-9-7-2/h9,11,15,17,21,23,27,29,86,90H,6-8,10,12-14,16,18-20,22,24-26,28,30-85H2,1-5H3/b11-9-,17-15-,23-21-,29-27-. The van der Waals surface area contributed by atoms with E-state index in [1.165, 1.54) is 360 Å². The van der Waals surface area contributed by atoms with Gasteiger partial charge in [-0.25, -0.2) is 0 Å². The van der Waals surface area contributed by atoms with Crippen LogP contribution in [0.4, 0.5) is 0 Å². The number of nitrogens with zero attached hydrogens (tertiary/aromatic N) is 1. The van der Waals surface area contributed by atoms with Crippen molar-refractivity contribution < 1.29 is 42.9 Å². The van der Waals surface area contributed by atoms with E-state index in [0.29, 0.717) is 17.4 Å². The summed E-state index contributed by atoms with van der Waals surface area (Å²) in [6.07, 6.45) is 104. The van der Waals surface area contributed by atoms with Gasteiger partial charge in [0.25, 0.3) is 0 Å². The van der Waals surface area contributed by atoms with Gasteiger partial charge in [0, 0.05) is 12.8 Å². The summed E-state index contributed by atoms with van der Waals surface area (Å²) in [5.74, 6) is -2.24. The number of hydrogen-bond acceptors (Lipinski definition) is 8. The van der Waals surface area contributed by atoms with Crippen LogP contribution >= 0.6 is 0 Å². The molecular formula is C90H169NO8. The van der Waals surface area contributed by atoms with Gasteiger partial charge in [-0.1, -0.05) is 435 Å². The minimum Gasteiger partial charge on any atom is -0.545 e. The van der Waals surface area contributed by atoms with Gasteiger partial charge in [0.05, 0.1) is 40.3 Å². The number of aliphatic carboxylic acids is 1. The topological polar surface area (TPSA) is 111 Å². The molecule has 0 N–H and O–H groups in total. The molecule has 0 saturated heterocycles. The molecule has 2 unspecified atom stereocenters. The molecule has 9 heteroatoms. The lowest BCUT2D eigenvalue weighted by Gasteiger charge is -2.26. The highest BCUT2D eigenvalue weighted by Gasteiger charge is 2.22. The molecule has 0 fully saturated rings. The molecule has 0 saturated carbocycles. The molecule has 0 aromatic carbocycles. The van der Waals surface area contributed by atoms with Gasteiger partial charge in [0.1, 0.15) is 13.2 Å². The second-order valence-corrected chi connectivity index (χ2v) is 31.2. The lowest BCUT2D eigenvalue weighted by atomic mass is 10.0. The molecular weight excluding hydrogens is 1220 g/mol. The first-order valence-corrected chi connectivity index (χ1v) is 43.8. The summed E-state index contributed by atoms with van der Waals surface area (Å²) in [5.41, 5.74) is 0. The molecule has 0 heterocycles. The van der Waals surface area contributed by atoms with Gasteiger partial charge in [-0.2, -0.15) is 0 Å². The van der Waals surface area contributed by atoms with Gasteiger partial charge < -0.3 is 33.3 Å². The van der Waals surface area contributed by atoms with Gasteiger partial charge in [-0.15, -0.1) is 0 Å². The largest absolute Gasteiger partial charge is 0.545 e. The van der Waals surface area contributed by atoms with Gasteiger partial charge >= 0.3 is 11.9 Å². The van der Waals surface area contributed by atoms with E-state index in [-0.39, 0.29) is 32.2 Å². The molecule has 0 aliphatic rings. The van der Waals surface area contributed by atoms with E-state index in [1.54, 1.807) is 0 Å². The molecule has 0 rings (SSSR count). The molecule has 0 aromatic rings. The zero-order chi connectivity index (χ0) is 71.8. The SMILES string of the molecule is CC/C=C\C/C=C\C/C=C\C/C=C\CCCCCCCCCCCCCCCCCCCCCCCCCCC(=O)OC(COC(=O)CCCCCCCCCCCCCCCCCCCCCCCCCCCCCCCCCCCCCCC)COC(OCC[N+](C)(C)C)C(=O)[O-]. The molecule has 99 heavy (non-hydrogen) atoms. The first kappa shape index (κ1) is 96.2. The Morgan fingerprint density at radius 1 is 0.313 bits per heavy atom. The lowest BCUT2D eigenvalue weighted by Crippen LogP contribution is -2.44. The molecule has 0 amide bonds. The number of carbonyl (C=O) groups is 3. The van der Waals surface area contributed by atoms with E-state index in [0.717, 1.165) is 64.2 Å². The Balaban J connectivity index is 3.90. The smallest absolute Gasteiger partial charge is 0.306 e. The van der Waals surface area contributed by atoms with Crippen molar-refractivity contribution in [2.75, 3.05) is 47.5 Å². The molecule has 0 spiro atoms. The zero-order valence-electron chi connectivity index (χ0n) is 66.9. The molecule has 0 aliphatic carbocycles. The second-order valence-electron chi connectivity index (χ2n) is 31.2. The number of carboxylic acid groups (broad SMARTS) is 1. The summed E-state index contributed by atoms with van der Waals surface area (Å²) >= 11 is 0. The van der Waals surface area contributed by atoms with Crippen molar-refractivity contribution in [2.24, 2.45) is 0 Å². The molecule has 2 atom stereocenters. The van der Waals surface area contributed by atoms with Gasteiger partial charge in [-0.05, 0) is 51.4 Å². The number of unbranched alkanes of at least 4 members (excludes halogenated alkanes) is 60. The lowest BCUT2D eigenvalue weighted by molar-refractivity contribution is -0.870. The Morgan fingerprint density at radius 2 is 0.576 bits per heavy atom. The second kappa shape index (κ2) is 80.9. The number of quaternary nitrogens is 1. The van der Waals surface area contributed by atoms with Crippen molar-refractivity contribution in [3.8, 4) is 0 Å². The maximum atomic E-state index is 13.0. The fourth-order valence-corrected chi connectivity index (χ4v) is 13.5. The Hall–Kier alpha value is -2.75. The van der Waals surface area contributed by atoms with Crippen LogP contribution in [0.1, 0.15) is 450 Å². The van der Waals surface area contributed by atoms with Crippen molar-refractivity contribution in [1.82, 2.24) is 0 Å². The summed E-state index contributed by atoms with van der Waals surface area (Å²) in [6.45, 7) is 4.73. The maximum absolute atomic E-state index is 13.0. The van der Waals surface area contributed by atoms with E-state index < -0.39 is 24.3 Å². The number of allylic oxidation sites excluding steroid dienone is 8. The van der Waals surface area contributed by atoms with E-state index >= 15 is 0 Å². The quantitative estimate of drug-likeness (QED) is 0.0195. The maximum Gasteiger partial charge on any atom is 0.306 e. The Morgan fingerprint density at radius 3 is 0.859 bits per heavy atom. The highest BCUT2D eigenvalue weighted by molar-refractivity contribution is 5.70. The Bertz CT molecular complexity index is 1770. The number of hydrogen-bond donors (Lipinski definition) is 0. The predicted octanol–water partition coefficient (Wildman–Crippen LogP) is 27.0. The van der Waals surface area contributed by atoms with Crippen molar-refractivity contribution in [3.63, 3.8) is 0 Å². The Kier molecular flexibility index (Phi) is 78.7. The van der Waals surface area contributed by atoms with Crippen molar-refractivity contribution in [2.45, 2.75) is 463 Å². The third-order valence-corrected chi connectivity index (χ3v) is 20.1. The molecule has 582 valence electrons. The van der Waals surface area contributed by atoms with E-state index in [4.69, 9.17) is 18.9 Å². The summed E-state index contributed by atoms with van der Waals surface area (Å²) in [6, 6.07) is 0. The summed E-state index contributed by atoms with van der Waals surface area (Å²) in [7, 11) is 5.96. The molecule has 9 nitrogen and oxygen atoms in total. The van der Waals surface area contributed by atoms with E-state index in [2.05, 4.69) is 62.5 Å². The van der Waals surface area contributed by atoms with Gasteiger partial charge in [-0.3, -0.25) is 9.59 Å². The Labute approximate surface area is 616 Å². The number of carbonyl (C=O) groups excluding carboxylic acids is 3. The molecule has 0 aromatic heterocycles. The fourth-order valence-electron chi connectivity index (χ4n) is 13.5. The van der Waals surface area contributed by atoms with Crippen LogP contribution in [0.15, 0.2) is 48.6 Å². The highest BCUT2D eigenvalue weighted by atomic mass is 16.7. The number of rotatable bonds is 83. The minimum atomic E-state index is -1.62. The van der Waals surface area contributed by atoms with Gasteiger partial charge in [0.15, 0.2) is 12.4 Å². The minimum absolute atomic E-state index is 0.151. The average molecular weight is 1390 g/mol. The third kappa shape index (κ3) is 82.4. The molecule has 0 aliphatic heterocycles. The van der Waals surface area contributed by atoms with Crippen LogP contribution in [0.2, 0.25) is 0 Å². The van der Waals surface area contributed by atoms with Crippen LogP contribution in [0.3, 0.4) is 0 Å². The van der Waals surface area contributed by atoms with Crippen LogP contribution in [0.5, 0.6) is 0 Å². The summed E-state index contributed by atoms with van der Waals surface area (Å²) < 4.78 is 22.9. The highest BCUT2D eigenvalue weighted by Crippen LogP contribution is 2.21. The number of likely N-dealkylation sites (N-methyl/N-ethyl adjacent to an activating group) is 1. The molecule has 0 bridgehead atoms. The van der Waals surface area contributed by atoms with Gasteiger partial charge in [0.2, 0.25) is 0 Å². The summed E-state index contributed by atoms with van der Waals surface area (Å²) in [4.78, 5) is 37.7. The van der Waals surface area contributed by atoms with Crippen LogP contribution < -0.4 is 5.11 Å². The van der Waals surface area contributed by atoms with E-state index in [9.17, 15) is 19.5 Å². The first-order valence-electron chi connectivity index (χ1n) is 43.8. The summed E-state index contributed by atoms with van der Waals surface area (Å²) in [5, 5.41) is 11.9. The number of esters is 2. The van der Waals surface area contributed by atoms with Crippen molar-refractivity contribution in [3.05, 3.63) is 48.6 Å². The normalized spacial score (nSPS) is 12.8. The van der Waals surface area contributed by atoms with E-state index in [1.807, 2.05) is 21.1 Å². The van der Waals surface area contributed by atoms with Crippen LogP contribution in [-0.4, -0.2) is 82.3 Å². The monoisotopic (exact) mass is 1390 g/mol. The average Bonchev–Trinajstić information content (AvgIpc) is 2.19. The third-order valence-electron chi connectivity index (χ3n) is 20.1. The van der Waals surface area contributed by atoms with Crippen LogP contribution in [-0.2, 0) is 33.3 Å². The zero-order valence-corrected chi connectivity index (χ0v) is 66.9. The van der Waals surface area contributed by atoms with Crippen LogP contribution in [0, 0.1) is 0 Å². The van der Waals surface area contributed by atoms with Crippen molar-refractivity contribution in [1.29, 1.82) is 0 Å². The van der Waals surface area contributed by atoms with Crippen molar-refractivity contribution >= 4 is 17.9 Å². The predicted molar refractivity (Wildman–Crippen MR) is 426 cm³/mol. The number of carboxylic acids is 1. The molecule has 0 radical (unpaired) electrons. The number of ether oxygens (including phenoxy) is 4. The first-order chi connectivity index (χ1) is 48.6.